The molecular weight excluding hydrogens is 314 g/mol. The average molecular weight is 333 g/mol. The van der Waals surface area contributed by atoms with E-state index < -0.39 is 0 Å². The molecule has 1 unspecified atom stereocenters. The van der Waals surface area contributed by atoms with Gasteiger partial charge in [-0.2, -0.15) is 4.98 Å². The zero-order valence-corrected chi connectivity index (χ0v) is 14.0. The summed E-state index contributed by atoms with van der Waals surface area (Å²) in [5.74, 6) is 0.919. The first-order chi connectivity index (χ1) is 12.2. The number of hydrogen-bond acceptors (Lipinski definition) is 4. The van der Waals surface area contributed by atoms with Crippen molar-refractivity contribution < 1.29 is 9.32 Å². The molecule has 5 heteroatoms. The second kappa shape index (κ2) is 6.51. The summed E-state index contributed by atoms with van der Waals surface area (Å²) in [6.07, 6.45) is 3.13. The smallest absolute Gasteiger partial charge is 0.251 e. The van der Waals surface area contributed by atoms with Gasteiger partial charge in [0.2, 0.25) is 11.7 Å². The van der Waals surface area contributed by atoms with Gasteiger partial charge in [-0.25, -0.2) is 0 Å². The molecule has 1 amide bonds. The molecule has 126 valence electrons. The first kappa shape index (κ1) is 15.6. The van der Waals surface area contributed by atoms with Crippen LogP contribution in [0.1, 0.15) is 46.3 Å². The van der Waals surface area contributed by atoms with Crippen LogP contribution in [0, 0.1) is 6.92 Å². The Morgan fingerprint density at radius 3 is 2.92 bits per heavy atom. The zero-order valence-electron chi connectivity index (χ0n) is 14.0. The van der Waals surface area contributed by atoms with Gasteiger partial charge in [0.15, 0.2) is 0 Å². The third kappa shape index (κ3) is 3.18. The number of nitrogens with zero attached hydrogens (tertiary/aromatic N) is 2. The fraction of sp³-hybridized carbons (Fsp3) is 0.250. The topological polar surface area (TPSA) is 68.0 Å². The summed E-state index contributed by atoms with van der Waals surface area (Å²) in [7, 11) is 0. The summed E-state index contributed by atoms with van der Waals surface area (Å²) in [5.41, 5.74) is 3.93. The second-order valence-electron chi connectivity index (χ2n) is 6.33. The number of fused-ring (bicyclic) bond motifs is 1. The van der Waals surface area contributed by atoms with Crippen LogP contribution in [-0.4, -0.2) is 16.0 Å². The molecule has 4 rings (SSSR count). The summed E-state index contributed by atoms with van der Waals surface area (Å²) in [6.45, 7) is 1.74. The van der Waals surface area contributed by atoms with Crippen molar-refractivity contribution in [2.75, 3.05) is 0 Å². The number of amides is 1. The maximum Gasteiger partial charge on any atom is 0.251 e. The van der Waals surface area contributed by atoms with Crippen molar-refractivity contribution >= 4 is 5.91 Å². The Bertz CT molecular complexity index is 917. The first-order valence-electron chi connectivity index (χ1n) is 8.50. The Labute approximate surface area is 146 Å². The molecule has 0 radical (unpaired) electrons. The SMILES string of the molecule is Cc1nc(-c2cccc(C(=O)NC3CCCc4ccccc43)c2)no1. The number of carbonyl (C=O) groups is 1. The number of aromatic nitrogens is 2. The number of benzene rings is 2. The van der Waals surface area contributed by atoms with Gasteiger partial charge in [0.05, 0.1) is 6.04 Å². The quantitative estimate of drug-likeness (QED) is 0.790. The van der Waals surface area contributed by atoms with Crippen LogP contribution in [-0.2, 0) is 6.42 Å². The molecule has 1 N–H and O–H groups in total. The molecule has 1 heterocycles. The third-order valence-electron chi connectivity index (χ3n) is 4.59. The van der Waals surface area contributed by atoms with E-state index in [9.17, 15) is 4.79 Å². The molecule has 0 saturated carbocycles. The van der Waals surface area contributed by atoms with Gasteiger partial charge in [0.25, 0.3) is 5.91 Å². The van der Waals surface area contributed by atoms with E-state index in [4.69, 9.17) is 4.52 Å². The molecule has 0 fully saturated rings. The largest absolute Gasteiger partial charge is 0.345 e. The van der Waals surface area contributed by atoms with E-state index in [1.807, 2.05) is 18.2 Å². The van der Waals surface area contributed by atoms with Gasteiger partial charge in [0.1, 0.15) is 0 Å². The Morgan fingerprint density at radius 1 is 1.20 bits per heavy atom. The van der Waals surface area contributed by atoms with Crippen molar-refractivity contribution in [3.8, 4) is 11.4 Å². The van der Waals surface area contributed by atoms with Crippen molar-refractivity contribution in [3.05, 3.63) is 71.1 Å². The first-order valence-corrected chi connectivity index (χ1v) is 8.50. The highest BCUT2D eigenvalue weighted by atomic mass is 16.5. The minimum atomic E-state index is -0.0798. The predicted octanol–water partition coefficient (Wildman–Crippen LogP) is 3.85. The van der Waals surface area contributed by atoms with Crippen LogP contribution in [0.25, 0.3) is 11.4 Å². The Kier molecular flexibility index (Phi) is 4.06. The van der Waals surface area contributed by atoms with Crippen LogP contribution in [0.15, 0.2) is 53.1 Å². The van der Waals surface area contributed by atoms with Gasteiger partial charge in [-0.1, -0.05) is 41.6 Å². The molecule has 1 aliphatic rings. The van der Waals surface area contributed by atoms with Crippen molar-refractivity contribution in [2.24, 2.45) is 0 Å². The summed E-state index contributed by atoms with van der Waals surface area (Å²) in [5, 5.41) is 7.09. The molecule has 0 spiro atoms. The molecule has 1 aromatic heterocycles. The monoisotopic (exact) mass is 333 g/mol. The van der Waals surface area contributed by atoms with Crippen molar-refractivity contribution in [2.45, 2.75) is 32.2 Å². The van der Waals surface area contributed by atoms with E-state index in [2.05, 4.69) is 33.7 Å². The van der Waals surface area contributed by atoms with E-state index in [0.29, 0.717) is 17.3 Å². The lowest BCUT2D eigenvalue weighted by Gasteiger charge is -2.26. The maximum atomic E-state index is 12.7. The molecule has 5 nitrogen and oxygen atoms in total. The lowest BCUT2D eigenvalue weighted by atomic mass is 9.87. The maximum absolute atomic E-state index is 12.7. The highest BCUT2D eigenvalue weighted by Gasteiger charge is 2.22. The van der Waals surface area contributed by atoms with Gasteiger partial charge in [-0.05, 0) is 42.5 Å². The lowest BCUT2D eigenvalue weighted by Crippen LogP contribution is -2.30. The van der Waals surface area contributed by atoms with Gasteiger partial charge < -0.3 is 9.84 Å². The minimum Gasteiger partial charge on any atom is -0.345 e. The van der Waals surface area contributed by atoms with Gasteiger partial charge >= 0.3 is 0 Å². The average Bonchev–Trinajstić information content (AvgIpc) is 3.09. The van der Waals surface area contributed by atoms with Crippen LogP contribution in [0.4, 0.5) is 0 Å². The molecule has 1 atom stereocenters. The van der Waals surface area contributed by atoms with E-state index in [1.165, 1.54) is 11.1 Å². The van der Waals surface area contributed by atoms with E-state index in [1.54, 1.807) is 19.1 Å². The second-order valence-corrected chi connectivity index (χ2v) is 6.33. The number of hydrogen-bond donors (Lipinski definition) is 1. The fourth-order valence-electron chi connectivity index (χ4n) is 3.36. The molecule has 2 aromatic carbocycles. The Hall–Kier alpha value is -2.95. The van der Waals surface area contributed by atoms with Crippen LogP contribution >= 0.6 is 0 Å². The number of rotatable bonds is 3. The van der Waals surface area contributed by atoms with Crippen molar-refractivity contribution in [3.63, 3.8) is 0 Å². The van der Waals surface area contributed by atoms with E-state index in [0.717, 1.165) is 24.8 Å². The summed E-state index contributed by atoms with van der Waals surface area (Å²) in [4.78, 5) is 17.0. The molecule has 1 aliphatic carbocycles. The van der Waals surface area contributed by atoms with E-state index in [-0.39, 0.29) is 11.9 Å². The molecule has 25 heavy (non-hydrogen) atoms. The van der Waals surface area contributed by atoms with Crippen LogP contribution in [0.2, 0.25) is 0 Å². The molecule has 0 saturated heterocycles. The van der Waals surface area contributed by atoms with Crippen molar-refractivity contribution in [1.82, 2.24) is 15.5 Å². The molecule has 0 bridgehead atoms. The zero-order chi connectivity index (χ0) is 17.2. The van der Waals surface area contributed by atoms with Gasteiger partial charge in [-0.3, -0.25) is 4.79 Å². The summed E-state index contributed by atoms with van der Waals surface area (Å²) >= 11 is 0. The Balaban J connectivity index is 1.56. The number of nitrogens with one attached hydrogen (secondary N) is 1. The van der Waals surface area contributed by atoms with Gasteiger partial charge in [0, 0.05) is 18.1 Å². The van der Waals surface area contributed by atoms with E-state index >= 15 is 0 Å². The molecular formula is C20H19N3O2. The molecule has 3 aromatic rings. The highest BCUT2D eigenvalue weighted by Crippen LogP contribution is 2.29. The van der Waals surface area contributed by atoms with Crippen LogP contribution in [0.5, 0.6) is 0 Å². The summed E-state index contributed by atoms with van der Waals surface area (Å²) < 4.78 is 5.02. The van der Waals surface area contributed by atoms with Gasteiger partial charge in [-0.15, -0.1) is 0 Å². The fourth-order valence-corrected chi connectivity index (χ4v) is 3.36. The lowest BCUT2D eigenvalue weighted by molar-refractivity contribution is 0.0933. The standard InChI is InChI=1S/C20H19N3O2/c1-13-21-19(23-25-13)15-8-4-9-16(12-15)20(24)22-18-11-5-7-14-6-2-3-10-17(14)18/h2-4,6,8-10,12,18H,5,7,11H2,1H3,(H,22,24). The van der Waals surface area contributed by atoms with Crippen LogP contribution in [0.3, 0.4) is 0 Å². The van der Waals surface area contributed by atoms with Crippen LogP contribution < -0.4 is 5.32 Å². The third-order valence-corrected chi connectivity index (χ3v) is 4.59. The summed E-state index contributed by atoms with van der Waals surface area (Å²) in [6, 6.07) is 15.7. The Morgan fingerprint density at radius 2 is 2.08 bits per heavy atom. The predicted molar refractivity (Wildman–Crippen MR) is 94.1 cm³/mol. The highest BCUT2D eigenvalue weighted by molar-refractivity contribution is 5.95. The number of aryl methyl sites for hydroxylation is 2. The molecule has 0 aliphatic heterocycles. The minimum absolute atomic E-state index is 0.0634. The van der Waals surface area contributed by atoms with Crippen molar-refractivity contribution in [1.29, 1.82) is 0 Å². The number of carbonyl (C=O) groups excluding carboxylic acids is 1. The normalized spacial score (nSPS) is 16.3.